The summed E-state index contributed by atoms with van der Waals surface area (Å²) in [6.45, 7) is 16.8. The van der Waals surface area contributed by atoms with Crippen molar-refractivity contribution >= 4 is 22.2 Å². The molecule has 2 aromatic rings. The Morgan fingerprint density at radius 2 is 1.65 bits per heavy atom. The minimum Gasteiger partial charge on any atom is -0.388 e. The number of amidine groups is 1. The highest BCUT2D eigenvalue weighted by Gasteiger charge is 2.13. The summed E-state index contributed by atoms with van der Waals surface area (Å²) in [5, 5.41) is 11.3. The Balaban J connectivity index is 2.11. The van der Waals surface area contributed by atoms with Gasteiger partial charge < -0.3 is 16.8 Å². The molecule has 0 bridgehead atoms. The van der Waals surface area contributed by atoms with E-state index in [1.165, 1.54) is 27.2 Å². The average Bonchev–Trinajstić information content (AvgIpc) is 2.80. The van der Waals surface area contributed by atoms with Crippen LogP contribution in [-0.4, -0.2) is 37.5 Å². The van der Waals surface area contributed by atoms with Gasteiger partial charge in [0.15, 0.2) is 5.84 Å². The van der Waals surface area contributed by atoms with Gasteiger partial charge in [-0.05, 0) is 89.7 Å². The van der Waals surface area contributed by atoms with Gasteiger partial charge in [0.1, 0.15) is 6.34 Å². The number of nitrogens with two attached hydrogens (primary N) is 2. The third kappa shape index (κ3) is 11.0. The molecular formula is C31H47N5S. The summed E-state index contributed by atoms with van der Waals surface area (Å²) in [6.07, 6.45) is 11.8. The molecule has 0 aromatic heterocycles. The van der Waals surface area contributed by atoms with Gasteiger partial charge in [0.05, 0.1) is 0 Å². The lowest BCUT2D eigenvalue weighted by molar-refractivity contribution is 0.406. The quantitative estimate of drug-likeness (QED) is 0.128. The van der Waals surface area contributed by atoms with Crippen LogP contribution in [0, 0.1) is 5.41 Å². The average molecular weight is 522 g/mol. The van der Waals surface area contributed by atoms with Crippen molar-refractivity contribution in [1.82, 2.24) is 5.32 Å². The third-order valence-electron chi connectivity index (χ3n) is 6.02. The van der Waals surface area contributed by atoms with Crippen LogP contribution < -0.4 is 16.8 Å². The van der Waals surface area contributed by atoms with Crippen LogP contribution in [0.5, 0.6) is 0 Å². The fourth-order valence-electron chi connectivity index (χ4n) is 4.29. The van der Waals surface area contributed by atoms with Crippen molar-refractivity contribution in [3.8, 4) is 0 Å². The van der Waals surface area contributed by atoms with Gasteiger partial charge in [-0.15, -0.1) is 10.2 Å². The molecule has 37 heavy (non-hydrogen) atoms. The molecule has 0 saturated carbocycles. The normalized spacial score (nSPS) is 13.2. The van der Waals surface area contributed by atoms with E-state index >= 15 is 0 Å². The highest BCUT2D eigenvalue weighted by molar-refractivity contribution is 8.32. The molecule has 0 spiro atoms. The van der Waals surface area contributed by atoms with E-state index in [9.17, 15) is 0 Å². The molecule has 0 aliphatic heterocycles. The van der Waals surface area contributed by atoms with Crippen LogP contribution >= 0.6 is 10.0 Å². The number of aryl methyl sites for hydroxylation is 2. The molecular weight excluding hydrogens is 474 g/mol. The molecule has 202 valence electrons. The lowest BCUT2D eigenvalue weighted by Gasteiger charge is -2.25. The van der Waals surface area contributed by atoms with Crippen LogP contribution in [0.1, 0.15) is 55.9 Å². The van der Waals surface area contributed by atoms with E-state index < -0.39 is 10.0 Å². The summed E-state index contributed by atoms with van der Waals surface area (Å²) in [4.78, 5) is 1.43. The summed E-state index contributed by atoms with van der Waals surface area (Å²) in [6, 6.07) is 15.3. The van der Waals surface area contributed by atoms with E-state index in [-0.39, 0.29) is 5.41 Å². The number of benzene rings is 2. The topological polar surface area (TPSA) is 88.8 Å². The smallest absolute Gasteiger partial charge is 0.153 e. The van der Waals surface area contributed by atoms with Gasteiger partial charge in [0.25, 0.3) is 0 Å². The fraction of sp³-hybridized carbons (Fsp3) is 0.419. The molecule has 0 fully saturated rings. The van der Waals surface area contributed by atoms with E-state index in [0.29, 0.717) is 5.84 Å². The maximum atomic E-state index is 6.14. The first-order valence-corrected chi connectivity index (χ1v) is 15.6. The zero-order chi connectivity index (χ0) is 27.6. The van der Waals surface area contributed by atoms with Gasteiger partial charge in [0.2, 0.25) is 0 Å². The lowest BCUT2D eigenvalue weighted by Crippen LogP contribution is -2.19. The second-order valence-electron chi connectivity index (χ2n) is 11.7. The van der Waals surface area contributed by atoms with Crippen molar-refractivity contribution in [2.45, 2.75) is 57.9 Å². The maximum absolute atomic E-state index is 6.14. The Morgan fingerprint density at radius 1 is 0.973 bits per heavy atom. The first-order chi connectivity index (χ1) is 17.3. The van der Waals surface area contributed by atoms with Gasteiger partial charge in [-0.3, -0.25) is 0 Å². The molecule has 0 atom stereocenters. The number of hydrogen-bond acceptors (Lipinski definition) is 3. The Bertz CT molecular complexity index is 1120. The standard InChI is InChI=1S/C31H47N5S/c1-23(19-31(3,4)5)17-24(2)20-34-21-28-14-13-27(30(33)36-35-22-32)18-26(28)12-9-25-10-15-29(16-11-25)37(6,7)8/h10-11,13-16,18,22,34H,1-2,9,12,17,19-21H2,3-8H3,(H2,32,35)(H2,33,36). The van der Waals surface area contributed by atoms with Crippen molar-refractivity contribution < 1.29 is 0 Å². The van der Waals surface area contributed by atoms with Gasteiger partial charge in [-0.25, -0.2) is 10.0 Å². The second-order valence-corrected chi connectivity index (χ2v) is 15.9. The molecule has 0 saturated heterocycles. The minimum atomic E-state index is -0.719. The number of allylic oxidation sites excluding steroid dienone is 1. The second kappa shape index (κ2) is 13.6. The van der Waals surface area contributed by atoms with Gasteiger partial charge in [-0.2, -0.15) is 0 Å². The molecule has 5 nitrogen and oxygen atoms in total. The Labute approximate surface area is 226 Å². The van der Waals surface area contributed by atoms with Crippen molar-refractivity contribution in [3.05, 3.63) is 89.0 Å². The lowest BCUT2D eigenvalue weighted by atomic mass is 9.86. The SMILES string of the molecule is C=C(CNCc1ccc(/C(N)=N/N=C\N)cc1CCc1ccc(S(C)(C)C)cc1)CC(=C)CC(C)(C)C. The van der Waals surface area contributed by atoms with E-state index in [1.807, 2.05) is 6.07 Å². The monoisotopic (exact) mass is 521 g/mol. The highest BCUT2D eigenvalue weighted by Crippen LogP contribution is 2.44. The van der Waals surface area contributed by atoms with Crippen LogP contribution in [-0.2, 0) is 19.4 Å². The summed E-state index contributed by atoms with van der Waals surface area (Å²) < 4.78 is 0. The van der Waals surface area contributed by atoms with Crippen LogP contribution in [0.2, 0.25) is 0 Å². The third-order valence-corrected chi connectivity index (χ3v) is 7.70. The van der Waals surface area contributed by atoms with E-state index in [1.54, 1.807) is 0 Å². The Hall–Kier alpha value is -2.83. The predicted octanol–water partition coefficient (Wildman–Crippen LogP) is 6.16. The van der Waals surface area contributed by atoms with Gasteiger partial charge >= 0.3 is 0 Å². The zero-order valence-electron chi connectivity index (χ0n) is 23.7. The van der Waals surface area contributed by atoms with E-state index in [4.69, 9.17) is 11.5 Å². The molecule has 2 aromatic carbocycles. The Morgan fingerprint density at radius 3 is 2.24 bits per heavy atom. The van der Waals surface area contributed by atoms with Gasteiger partial charge in [-0.1, -0.05) is 69.3 Å². The van der Waals surface area contributed by atoms with Crippen molar-refractivity contribution in [2.75, 3.05) is 25.3 Å². The van der Waals surface area contributed by atoms with E-state index in [0.717, 1.165) is 56.2 Å². The summed E-state index contributed by atoms with van der Waals surface area (Å²) >= 11 is 0. The molecule has 0 radical (unpaired) electrons. The van der Waals surface area contributed by atoms with Gasteiger partial charge in [0, 0.05) is 18.7 Å². The van der Waals surface area contributed by atoms with Crippen LogP contribution in [0.4, 0.5) is 0 Å². The molecule has 0 aliphatic carbocycles. The zero-order valence-corrected chi connectivity index (χ0v) is 24.5. The molecule has 0 aliphatic rings. The molecule has 5 N–H and O–H groups in total. The molecule has 2 rings (SSSR count). The number of nitrogens with zero attached hydrogens (tertiary/aromatic N) is 2. The summed E-state index contributed by atoms with van der Waals surface area (Å²) in [5.74, 6) is 0.353. The summed E-state index contributed by atoms with van der Waals surface area (Å²) in [5.41, 5.74) is 18.8. The van der Waals surface area contributed by atoms with Crippen LogP contribution in [0.3, 0.4) is 0 Å². The molecule has 6 heteroatoms. The molecule has 0 unspecified atom stereocenters. The number of nitrogens with one attached hydrogen (secondary N) is 1. The number of hydrogen-bond donors (Lipinski definition) is 3. The fourth-order valence-corrected chi connectivity index (χ4v) is 5.24. The highest BCUT2D eigenvalue weighted by atomic mass is 32.3. The van der Waals surface area contributed by atoms with Crippen molar-refractivity contribution in [3.63, 3.8) is 0 Å². The number of rotatable bonds is 13. The molecule has 0 amide bonds. The first-order valence-electron chi connectivity index (χ1n) is 12.8. The Kier molecular flexibility index (Phi) is 11.2. The maximum Gasteiger partial charge on any atom is 0.153 e. The van der Waals surface area contributed by atoms with E-state index in [2.05, 4.69) is 105 Å². The van der Waals surface area contributed by atoms with Crippen LogP contribution in [0.15, 0.2) is 81.9 Å². The van der Waals surface area contributed by atoms with Crippen molar-refractivity contribution in [1.29, 1.82) is 0 Å². The van der Waals surface area contributed by atoms with Crippen molar-refractivity contribution in [2.24, 2.45) is 27.1 Å². The first kappa shape index (κ1) is 30.4. The minimum absolute atomic E-state index is 0.246. The molecule has 0 heterocycles. The predicted molar refractivity (Wildman–Crippen MR) is 166 cm³/mol. The summed E-state index contributed by atoms with van der Waals surface area (Å²) in [7, 11) is -0.719. The van der Waals surface area contributed by atoms with Crippen LogP contribution in [0.25, 0.3) is 0 Å². The largest absolute Gasteiger partial charge is 0.388 e.